The Bertz CT molecular complexity index is 886. The first kappa shape index (κ1) is 20.9. The van der Waals surface area contributed by atoms with Crippen LogP contribution < -0.4 is 16.0 Å². The van der Waals surface area contributed by atoms with Crippen LogP contribution >= 0.6 is 12.2 Å². The number of hydrogen-bond donors (Lipinski definition) is 3. The summed E-state index contributed by atoms with van der Waals surface area (Å²) >= 11 is 5.07. The van der Waals surface area contributed by atoms with Crippen LogP contribution in [0.2, 0.25) is 0 Å². The zero-order valence-corrected chi connectivity index (χ0v) is 15.7. The third-order valence-electron chi connectivity index (χ3n) is 3.57. The number of carbonyl (C=O) groups excluding carboxylic acids is 2. The van der Waals surface area contributed by atoms with Crippen molar-refractivity contribution in [2.75, 3.05) is 25.6 Å². The number of benzene rings is 2. The van der Waals surface area contributed by atoms with E-state index in [0.29, 0.717) is 24.4 Å². The van der Waals surface area contributed by atoms with Crippen LogP contribution in [0.15, 0.2) is 48.5 Å². The van der Waals surface area contributed by atoms with Crippen molar-refractivity contribution < 1.29 is 19.2 Å². The molecule has 146 valence electrons. The Hall–Kier alpha value is -3.37. The molecule has 9 nitrogen and oxygen atoms in total. The SMILES string of the molecule is COCCNC(=O)c1ccc(NC(=S)NC(=O)c2ccccc2[N+](=O)[O-])cc1. The van der Waals surface area contributed by atoms with Crippen molar-refractivity contribution in [2.24, 2.45) is 0 Å². The lowest BCUT2D eigenvalue weighted by Gasteiger charge is -2.10. The highest BCUT2D eigenvalue weighted by molar-refractivity contribution is 7.80. The molecule has 0 radical (unpaired) electrons. The molecule has 0 spiro atoms. The number of carbonyl (C=O) groups is 2. The summed E-state index contributed by atoms with van der Waals surface area (Å²) in [6.07, 6.45) is 0. The molecule has 0 saturated carbocycles. The van der Waals surface area contributed by atoms with Crippen molar-refractivity contribution in [3.05, 3.63) is 69.8 Å². The number of hydrogen-bond acceptors (Lipinski definition) is 6. The molecule has 2 rings (SSSR count). The largest absolute Gasteiger partial charge is 0.383 e. The van der Waals surface area contributed by atoms with Gasteiger partial charge in [0.05, 0.1) is 11.5 Å². The highest BCUT2D eigenvalue weighted by Gasteiger charge is 2.19. The van der Waals surface area contributed by atoms with Crippen LogP contribution in [-0.4, -0.2) is 42.1 Å². The number of anilines is 1. The van der Waals surface area contributed by atoms with Crippen LogP contribution in [0.3, 0.4) is 0 Å². The molecule has 0 aliphatic heterocycles. The summed E-state index contributed by atoms with van der Waals surface area (Å²) in [5.74, 6) is -0.935. The number of thiocarbonyl (C=S) groups is 1. The van der Waals surface area contributed by atoms with Gasteiger partial charge < -0.3 is 15.4 Å². The molecule has 28 heavy (non-hydrogen) atoms. The Morgan fingerprint density at radius 3 is 2.43 bits per heavy atom. The van der Waals surface area contributed by atoms with Gasteiger partial charge in [-0.2, -0.15) is 0 Å². The molecular weight excluding hydrogens is 384 g/mol. The third kappa shape index (κ3) is 5.83. The molecule has 0 aromatic heterocycles. The molecule has 0 unspecified atom stereocenters. The standard InChI is InChI=1S/C18H18N4O5S/c1-27-11-10-19-16(23)12-6-8-13(9-7-12)20-18(28)21-17(24)14-4-2-3-5-15(14)22(25)26/h2-9H,10-11H2,1H3,(H,19,23)(H2,20,21,24,28). The third-order valence-corrected chi connectivity index (χ3v) is 3.77. The van der Waals surface area contributed by atoms with Gasteiger partial charge in [0.15, 0.2) is 5.11 Å². The second kappa shape index (κ2) is 10.1. The molecule has 2 amide bonds. The van der Waals surface area contributed by atoms with Gasteiger partial charge in [0.25, 0.3) is 17.5 Å². The van der Waals surface area contributed by atoms with E-state index >= 15 is 0 Å². The summed E-state index contributed by atoms with van der Waals surface area (Å²) in [5.41, 5.74) is 0.587. The number of rotatable bonds is 7. The molecule has 0 saturated heterocycles. The maximum Gasteiger partial charge on any atom is 0.282 e. The average Bonchev–Trinajstić information content (AvgIpc) is 2.68. The fraction of sp³-hybridized carbons (Fsp3) is 0.167. The molecule has 0 aliphatic rings. The van der Waals surface area contributed by atoms with E-state index in [-0.39, 0.29) is 22.3 Å². The Labute approximate surface area is 166 Å². The van der Waals surface area contributed by atoms with Crippen molar-refractivity contribution in [1.29, 1.82) is 0 Å². The number of nitrogens with zero attached hydrogens (tertiary/aromatic N) is 1. The Morgan fingerprint density at radius 2 is 1.79 bits per heavy atom. The van der Waals surface area contributed by atoms with Crippen molar-refractivity contribution in [1.82, 2.24) is 10.6 Å². The normalized spacial score (nSPS) is 10.0. The molecule has 0 atom stereocenters. The molecule has 10 heteroatoms. The van der Waals surface area contributed by atoms with Gasteiger partial charge >= 0.3 is 0 Å². The van der Waals surface area contributed by atoms with Gasteiger partial charge in [-0.15, -0.1) is 0 Å². The van der Waals surface area contributed by atoms with Crippen LogP contribution in [0.4, 0.5) is 11.4 Å². The van der Waals surface area contributed by atoms with Crippen molar-refractivity contribution in [2.45, 2.75) is 0 Å². The lowest BCUT2D eigenvalue weighted by Crippen LogP contribution is -2.34. The van der Waals surface area contributed by atoms with E-state index in [2.05, 4.69) is 16.0 Å². The summed E-state index contributed by atoms with van der Waals surface area (Å²) in [6, 6.07) is 12.0. The number of ether oxygens (including phenoxy) is 1. The highest BCUT2D eigenvalue weighted by Crippen LogP contribution is 2.17. The topological polar surface area (TPSA) is 123 Å². The summed E-state index contributed by atoms with van der Waals surface area (Å²) in [6.45, 7) is 0.815. The van der Waals surface area contributed by atoms with E-state index < -0.39 is 10.8 Å². The monoisotopic (exact) mass is 402 g/mol. The second-order valence-electron chi connectivity index (χ2n) is 5.51. The van der Waals surface area contributed by atoms with E-state index in [1.807, 2.05) is 0 Å². The molecule has 0 heterocycles. The van der Waals surface area contributed by atoms with E-state index in [1.165, 1.54) is 24.3 Å². The predicted molar refractivity (Wildman–Crippen MR) is 107 cm³/mol. The first-order valence-corrected chi connectivity index (χ1v) is 8.56. The fourth-order valence-electron chi connectivity index (χ4n) is 2.23. The summed E-state index contributed by atoms with van der Waals surface area (Å²) in [4.78, 5) is 34.5. The minimum Gasteiger partial charge on any atom is -0.383 e. The van der Waals surface area contributed by atoms with Gasteiger partial charge in [0.1, 0.15) is 5.56 Å². The molecule has 0 bridgehead atoms. The maximum absolute atomic E-state index is 12.2. The van der Waals surface area contributed by atoms with E-state index in [9.17, 15) is 19.7 Å². The molecule has 0 aliphatic carbocycles. The second-order valence-corrected chi connectivity index (χ2v) is 5.92. The molecule has 2 aromatic rings. The van der Waals surface area contributed by atoms with Crippen molar-refractivity contribution >= 4 is 40.5 Å². The zero-order chi connectivity index (χ0) is 20.5. The van der Waals surface area contributed by atoms with Crippen molar-refractivity contribution in [3.63, 3.8) is 0 Å². The minimum atomic E-state index is -0.695. The number of nitro groups is 1. The average molecular weight is 402 g/mol. The Kier molecular flexibility index (Phi) is 7.55. The van der Waals surface area contributed by atoms with Crippen LogP contribution in [0.1, 0.15) is 20.7 Å². The van der Waals surface area contributed by atoms with Crippen LogP contribution in [0, 0.1) is 10.1 Å². The molecular formula is C18H18N4O5S. The quantitative estimate of drug-likeness (QED) is 0.280. The summed E-state index contributed by atoms with van der Waals surface area (Å²) in [7, 11) is 1.55. The van der Waals surface area contributed by atoms with Crippen LogP contribution in [0.5, 0.6) is 0 Å². The van der Waals surface area contributed by atoms with Gasteiger partial charge in [0, 0.05) is 31.0 Å². The van der Waals surface area contributed by atoms with Gasteiger partial charge in [-0.25, -0.2) is 0 Å². The summed E-state index contributed by atoms with van der Waals surface area (Å²) in [5, 5.41) is 18.9. The van der Waals surface area contributed by atoms with Gasteiger partial charge in [-0.1, -0.05) is 12.1 Å². The van der Waals surface area contributed by atoms with Crippen LogP contribution in [0.25, 0.3) is 0 Å². The number of amides is 2. The minimum absolute atomic E-state index is 0.0274. The Balaban J connectivity index is 1.95. The highest BCUT2D eigenvalue weighted by atomic mass is 32.1. The van der Waals surface area contributed by atoms with Gasteiger partial charge in [0.2, 0.25) is 0 Å². The maximum atomic E-state index is 12.2. The van der Waals surface area contributed by atoms with Gasteiger partial charge in [-0.3, -0.25) is 25.0 Å². The lowest BCUT2D eigenvalue weighted by molar-refractivity contribution is -0.385. The molecule has 2 aromatic carbocycles. The lowest BCUT2D eigenvalue weighted by atomic mass is 10.1. The molecule has 3 N–H and O–H groups in total. The zero-order valence-electron chi connectivity index (χ0n) is 14.9. The van der Waals surface area contributed by atoms with E-state index in [1.54, 1.807) is 31.4 Å². The van der Waals surface area contributed by atoms with E-state index in [4.69, 9.17) is 17.0 Å². The number of nitrogens with one attached hydrogen (secondary N) is 3. The number of nitro benzene ring substituents is 1. The first-order valence-electron chi connectivity index (χ1n) is 8.15. The predicted octanol–water partition coefficient (Wildman–Crippen LogP) is 2.10. The smallest absolute Gasteiger partial charge is 0.282 e. The molecule has 0 fully saturated rings. The van der Waals surface area contributed by atoms with Crippen molar-refractivity contribution in [3.8, 4) is 0 Å². The van der Waals surface area contributed by atoms with Gasteiger partial charge in [-0.05, 0) is 42.5 Å². The van der Waals surface area contributed by atoms with E-state index in [0.717, 1.165) is 0 Å². The number of para-hydroxylation sites is 1. The van der Waals surface area contributed by atoms with Crippen LogP contribution in [-0.2, 0) is 4.74 Å². The Morgan fingerprint density at radius 1 is 1.11 bits per heavy atom. The summed E-state index contributed by atoms with van der Waals surface area (Å²) < 4.78 is 4.86. The number of methoxy groups -OCH3 is 1. The first-order chi connectivity index (χ1) is 13.4. The fourth-order valence-corrected chi connectivity index (χ4v) is 2.44.